The van der Waals surface area contributed by atoms with Crippen molar-refractivity contribution in [3.63, 3.8) is 0 Å². The maximum atomic E-state index is 11.8. The average Bonchev–Trinajstić information content (AvgIpc) is 2.26. The van der Waals surface area contributed by atoms with Gasteiger partial charge in [0.1, 0.15) is 11.5 Å². The summed E-state index contributed by atoms with van der Waals surface area (Å²) in [7, 11) is 0. The van der Waals surface area contributed by atoms with Crippen LogP contribution in [0.15, 0.2) is 23.0 Å². The second-order valence-electron chi connectivity index (χ2n) is 3.87. The number of aromatic nitrogens is 2. The van der Waals surface area contributed by atoms with E-state index in [9.17, 15) is 14.4 Å². The third-order valence-corrected chi connectivity index (χ3v) is 2.22. The molecule has 0 saturated carbocycles. The number of ether oxygens (including phenoxy) is 1. The molecule has 2 aromatic heterocycles. The molecule has 2 N–H and O–H groups in total. The lowest BCUT2D eigenvalue weighted by molar-refractivity contribution is -0.132. The molecule has 0 aromatic carbocycles. The second kappa shape index (κ2) is 4.89. The number of anilines is 1. The summed E-state index contributed by atoms with van der Waals surface area (Å²) in [5.41, 5.74) is -0.0955. The third kappa shape index (κ3) is 2.95. The van der Waals surface area contributed by atoms with E-state index in [0.29, 0.717) is 11.2 Å². The molecule has 0 unspecified atom stereocenters. The predicted octanol–water partition coefficient (Wildman–Crippen LogP) is 0.807. The minimum absolute atomic E-state index is 0.0116. The lowest BCUT2D eigenvalue weighted by Gasteiger charge is -2.05. The summed E-state index contributed by atoms with van der Waals surface area (Å²) in [4.78, 5) is 40.3. The van der Waals surface area contributed by atoms with Gasteiger partial charge in [0.15, 0.2) is 5.43 Å². The van der Waals surface area contributed by atoms with Gasteiger partial charge in [0.2, 0.25) is 11.8 Å². The number of carbonyl (C=O) groups is 2. The van der Waals surface area contributed by atoms with Crippen LogP contribution in [0.1, 0.15) is 13.8 Å². The van der Waals surface area contributed by atoms with Crippen LogP contribution >= 0.6 is 0 Å². The molecule has 0 radical (unpaired) electrons. The molecule has 0 atom stereocenters. The molecular weight excluding hydrogens is 250 g/mol. The van der Waals surface area contributed by atoms with Gasteiger partial charge < -0.3 is 15.0 Å². The summed E-state index contributed by atoms with van der Waals surface area (Å²) in [5.74, 6) is -0.508. The van der Waals surface area contributed by atoms with Crippen LogP contribution in [0.2, 0.25) is 0 Å². The van der Waals surface area contributed by atoms with E-state index >= 15 is 0 Å². The lowest BCUT2D eigenvalue weighted by Crippen LogP contribution is -2.11. The van der Waals surface area contributed by atoms with Crippen molar-refractivity contribution in [2.24, 2.45) is 0 Å². The van der Waals surface area contributed by atoms with Gasteiger partial charge in [0.05, 0.1) is 5.39 Å². The minimum atomic E-state index is -0.548. The lowest BCUT2D eigenvalue weighted by atomic mass is 10.3. The SMILES string of the molecule is CC(=O)Nc1ccc2c(=O)cc(OC(C)=O)[nH]c2n1. The highest BCUT2D eigenvalue weighted by molar-refractivity contribution is 5.89. The van der Waals surface area contributed by atoms with Gasteiger partial charge in [-0.25, -0.2) is 4.98 Å². The molecule has 0 fully saturated rings. The molecule has 2 rings (SSSR count). The first-order valence-electron chi connectivity index (χ1n) is 5.46. The van der Waals surface area contributed by atoms with Crippen LogP contribution in [0.25, 0.3) is 11.0 Å². The molecule has 0 spiro atoms. The van der Waals surface area contributed by atoms with E-state index in [1.807, 2.05) is 0 Å². The Morgan fingerprint density at radius 3 is 2.68 bits per heavy atom. The zero-order valence-electron chi connectivity index (χ0n) is 10.3. The van der Waals surface area contributed by atoms with Gasteiger partial charge in [-0.05, 0) is 12.1 Å². The number of esters is 1. The first-order valence-corrected chi connectivity index (χ1v) is 5.46. The van der Waals surface area contributed by atoms with E-state index < -0.39 is 5.97 Å². The van der Waals surface area contributed by atoms with Crippen molar-refractivity contribution in [2.45, 2.75) is 13.8 Å². The molecule has 2 heterocycles. The number of rotatable bonds is 2. The van der Waals surface area contributed by atoms with E-state index in [1.165, 1.54) is 32.0 Å². The largest absolute Gasteiger partial charge is 0.410 e. The number of nitrogens with zero attached hydrogens (tertiary/aromatic N) is 1. The van der Waals surface area contributed by atoms with E-state index in [4.69, 9.17) is 4.74 Å². The Hall–Kier alpha value is -2.70. The fraction of sp³-hybridized carbons (Fsp3) is 0.167. The van der Waals surface area contributed by atoms with Crippen LogP contribution in [0, 0.1) is 0 Å². The van der Waals surface area contributed by atoms with E-state index in [1.54, 1.807) is 0 Å². The quantitative estimate of drug-likeness (QED) is 0.779. The van der Waals surface area contributed by atoms with Gasteiger partial charge in [-0.3, -0.25) is 14.4 Å². The molecule has 0 aliphatic rings. The summed E-state index contributed by atoms with van der Waals surface area (Å²) >= 11 is 0. The molecule has 0 aliphatic heterocycles. The molecule has 2 aromatic rings. The highest BCUT2D eigenvalue weighted by Crippen LogP contribution is 2.13. The number of hydrogen-bond acceptors (Lipinski definition) is 5. The molecule has 0 aliphatic carbocycles. The molecule has 7 nitrogen and oxygen atoms in total. The number of pyridine rings is 2. The number of nitrogens with one attached hydrogen (secondary N) is 2. The Morgan fingerprint density at radius 2 is 2.05 bits per heavy atom. The Morgan fingerprint density at radius 1 is 1.32 bits per heavy atom. The highest BCUT2D eigenvalue weighted by Gasteiger charge is 2.07. The number of carbonyl (C=O) groups excluding carboxylic acids is 2. The molecule has 0 saturated heterocycles. The summed E-state index contributed by atoms with van der Waals surface area (Å²) in [5, 5.41) is 2.83. The van der Waals surface area contributed by atoms with Gasteiger partial charge in [-0.15, -0.1) is 0 Å². The first kappa shape index (κ1) is 12.7. The van der Waals surface area contributed by atoms with Crippen molar-refractivity contribution in [2.75, 3.05) is 5.32 Å². The number of fused-ring (bicyclic) bond motifs is 1. The molecular formula is C12H11N3O4. The summed E-state index contributed by atoms with van der Waals surface area (Å²) in [6.07, 6.45) is 0. The van der Waals surface area contributed by atoms with Crippen LogP contribution < -0.4 is 15.5 Å². The smallest absolute Gasteiger partial charge is 0.309 e. The highest BCUT2D eigenvalue weighted by atomic mass is 16.5. The topological polar surface area (TPSA) is 101 Å². The van der Waals surface area contributed by atoms with Crippen LogP contribution in [-0.2, 0) is 9.59 Å². The fourth-order valence-electron chi connectivity index (χ4n) is 1.56. The predicted molar refractivity (Wildman–Crippen MR) is 68.0 cm³/mol. The molecule has 0 bridgehead atoms. The standard InChI is InChI=1S/C12H11N3O4/c1-6(16)13-10-4-3-8-9(18)5-11(19-7(2)17)15-12(8)14-10/h3-5H,1-2H3,(H2,13,14,15,16,18). The molecule has 19 heavy (non-hydrogen) atoms. The van der Waals surface area contributed by atoms with Crippen LogP contribution in [0.4, 0.5) is 5.82 Å². The number of aromatic amines is 1. The second-order valence-corrected chi connectivity index (χ2v) is 3.87. The van der Waals surface area contributed by atoms with Crippen molar-refractivity contribution in [3.05, 3.63) is 28.4 Å². The third-order valence-electron chi connectivity index (χ3n) is 2.22. The Kier molecular flexibility index (Phi) is 3.28. The molecule has 7 heteroatoms. The Labute approximate surface area is 107 Å². The Balaban J connectivity index is 2.53. The number of amides is 1. The van der Waals surface area contributed by atoms with E-state index in [2.05, 4.69) is 15.3 Å². The molecule has 98 valence electrons. The first-order chi connectivity index (χ1) is 8.95. The van der Waals surface area contributed by atoms with Gasteiger partial charge in [0.25, 0.3) is 0 Å². The zero-order valence-corrected chi connectivity index (χ0v) is 10.3. The van der Waals surface area contributed by atoms with Crippen LogP contribution in [0.5, 0.6) is 5.88 Å². The summed E-state index contributed by atoms with van der Waals surface area (Å²) < 4.78 is 4.80. The molecule has 1 amide bonds. The fourth-order valence-corrected chi connectivity index (χ4v) is 1.56. The number of hydrogen-bond donors (Lipinski definition) is 2. The minimum Gasteiger partial charge on any atom is -0.410 e. The van der Waals surface area contributed by atoms with Gasteiger partial charge >= 0.3 is 5.97 Å². The van der Waals surface area contributed by atoms with Crippen LogP contribution in [-0.4, -0.2) is 21.8 Å². The van der Waals surface area contributed by atoms with E-state index in [-0.39, 0.29) is 22.9 Å². The normalized spacial score (nSPS) is 10.2. The van der Waals surface area contributed by atoms with Gasteiger partial charge in [-0.1, -0.05) is 0 Å². The zero-order chi connectivity index (χ0) is 14.0. The van der Waals surface area contributed by atoms with E-state index in [0.717, 1.165) is 0 Å². The average molecular weight is 261 g/mol. The van der Waals surface area contributed by atoms with Crippen molar-refractivity contribution in [1.29, 1.82) is 0 Å². The summed E-state index contributed by atoms with van der Waals surface area (Å²) in [6, 6.07) is 4.22. The summed E-state index contributed by atoms with van der Waals surface area (Å²) in [6.45, 7) is 2.58. The Bertz CT molecular complexity index is 715. The maximum Gasteiger partial charge on any atom is 0.309 e. The van der Waals surface area contributed by atoms with Crippen molar-refractivity contribution in [1.82, 2.24) is 9.97 Å². The number of H-pyrrole nitrogens is 1. The van der Waals surface area contributed by atoms with Gasteiger partial charge in [0, 0.05) is 19.9 Å². The van der Waals surface area contributed by atoms with Crippen molar-refractivity contribution < 1.29 is 14.3 Å². The van der Waals surface area contributed by atoms with Crippen LogP contribution in [0.3, 0.4) is 0 Å². The van der Waals surface area contributed by atoms with Crippen molar-refractivity contribution in [3.8, 4) is 5.88 Å². The van der Waals surface area contributed by atoms with Gasteiger partial charge in [-0.2, -0.15) is 0 Å². The maximum absolute atomic E-state index is 11.8. The van der Waals surface area contributed by atoms with Crippen molar-refractivity contribution >= 4 is 28.7 Å². The monoisotopic (exact) mass is 261 g/mol.